The molecule has 0 aliphatic heterocycles. The average molecular weight is 232 g/mol. The molecule has 0 bridgehead atoms. The van der Waals surface area contributed by atoms with Crippen LogP contribution in [-0.4, -0.2) is 11.1 Å². The van der Waals surface area contributed by atoms with Crippen molar-refractivity contribution in [2.45, 2.75) is 19.3 Å². The van der Waals surface area contributed by atoms with Crippen LogP contribution in [0.15, 0.2) is 27.4 Å². The number of aryl methyl sites for hydroxylation is 1. The minimum Gasteiger partial charge on any atom is -0.408 e. The number of hydrogen-bond donors (Lipinski definition) is 1. The zero-order valence-electron chi connectivity index (χ0n) is 9.90. The number of aromatic nitrogens is 1. The molecule has 0 amide bonds. The summed E-state index contributed by atoms with van der Waals surface area (Å²) < 4.78 is 6.71. The molecule has 2 N–H and O–H groups in total. The Kier molecular flexibility index (Phi) is 2.16. The van der Waals surface area contributed by atoms with Gasteiger partial charge in [0.05, 0.1) is 5.52 Å². The fraction of sp³-hybridized carbons (Fsp3) is 0.462. The van der Waals surface area contributed by atoms with E-state index < -0.39 is 0 Å². The highest BCUT2D eigenvalue weighted by atomic mass is 16.4. The van der Waals surface area contributed by atoms with Crippen molar-refractivity contribution in [2.75, 3.05) is 6.54 Å². The number of rotatable bonds is 3. The van der Waals surface area contributed by atoms with E-state index in [2.05, 4.69) is 6.07 Å². The van der Waals surface area contributed by atoms with Crippen LogP contribution in [0.25, 0.3) is 11.1 Å². The summed E-state index contributed by atoms with van der Waals surface area (Å²) in [5, 5.41) is 0. The highest BCUT2D eigenvalue weighted by molar-refractivity contribution is 5.73. The van der Waals surface area contributed by atoms with E-state index in [4.69, 9.17) is 10.2 Å². The third-order valence-electron chi connectivity index (χ3n) is 3.83. The molecule has 0 saturated heterocycles. The lowest BCUT2D eigenvalue weighted by Crippen LogP contribution is -2.17. The molecule has 0 radical (unpaired) electrons. The molecule has 17 heavy (non-hydrogen) atoms. The summed E-state index contributed by atoms with van der Waals surface area (Å²) in [4.78, 5) is 11.4. The van der Waals surface area contributed by atoms with Crippen LogP contribution in [0.2, 0.25) is 0 Å². The Morgan fingerprint density at radius 2 is 2.24 bits per heavy atom. The highest BCUT2D eigenvalue weighted by Crippen LogP contribution is 2.47. The largest absolute Gasteiger partial charge is 0.419 e. The van der Waals surface area contributed by atoms with Gasteiger partial charge in [0.1, 0.15) is 0 Å². The minimum absolute atomic E-state index is 0.308. The van der Waals surface area contributed by atoms with Gasteiger partial charge >= 0.3 is 5.76 Å². The Morgan fingerprint density at radius 3 is 2.88 bits per heavy atom. The molecule has 4 nitrogen and oxygen atoms in total. The van der Waals surface area contributed by atoms with Crippen molar-refractivity contribution < 1.29 is 4.42 Å². The molecular formula is C13H16N2O2. The molecule has 1 fully saturated rings. The summed E-state index contributed by atoms with van der Waals surface area (Å²) in [5.41, 5.74) is 8.80. The summed E-state index contributed by atoms with van der Waals surface area (Å²) >= 11 is 0. The second-order valence-electron chi connectivity index (χ2n) is 5.11. The monoisotopic (exact) mass is 232 g/mol. The van der Waals surface area contributed by atoms with E-state index in [0.717, 1.165) is 18.5 Å². The maximum absolute atomic E-state index is 11.4. The van der Waals surface area contributed by atoms with Crippen LogP contribution in [0.5, 0.6) is 0 Å². The van der Waals surface area contributed by atoms with Gasteiger partial charge in [-0.25, -0.2) is 4.79 Å². The Hall–Kier alpha value is -1.55. The van der Waals surface area contributed by atoms with Crippen molar-refractivity contribution in [2.24, 2.45) is 18.2 Å². The van der Waals surface area contributed by atoms with Crippen LogP contribution in [0.1, 0.15) is 18.4 Å². The molecule has 4 heteroatoms. The lowest BCUT2D eigenvalue weighted by molar-refractivity contribution is 0.517. The standard InChI is InChI=1S/C13H16N2O2/c1-15-10-3-2-9(6-11(10)17-12(15)16)7-13(8-14)4-5-13/h2-3,6H,4-5,7-8,14H2,1H3. The first kappa shape index (κ1) is 10.6. The minimum atomic E-state index is -0.308. The summed E-state index contributed by atoms with van der Waals surface area (Å²) in [5.74, 6) is -0.308. The maximum Gasteiger partial charge on any atom is 0.419 e. The molecule has 0 spiro atoms. The topological polar surface area (TPSA) is 61.2 Å². The van der Waals surface area contributed by atoms with E-state index in [1.165, 1.54) is 23.0 Å². The molecule has 1 heterocycles. The molecule has 1 saturated carbocycles. The van der Waals surface area contributed by atoms with Gasteiger partial charge in [0.25, 0.3) is 0 Å². The van der Waals surface area contributed by atoms with Crippen LogP contribution in [-0.2, 0) is 13.5 Å². The van der Waals surface area contributed by atoms with Gasteiger partial charge < -0.3 is 10.2 Å². The molecule has 2 aromatic rings. The van der Waals surface area contributed by atoms with Crippen molar-refractivity contribution in [1.29, 1.82) is 0 Å². The van der Waals surface area contributed by atoms with Gasteiger partial charge in [0, 0.05) is 7.05 Å². The third-order valence-corrected chi connectivity index (χ3v) is 3.83. The number of hydrogen-bond acceptors (Lipinski definition) is 3. The molecule has 0 unspecified atom stereocenters. The maximum atomic E-state index is 11.4. The SMILES string of the molecule is Cn1c(=O)oc2cc(CC3(CN)CC3)ccc21. The van der Waals surface area contributed by atoms with Gasteiger partial charge in [0.15, 0.2) is 5.58 Å². The summed E-state index contributed by atoms with van der Waals surface area (Å²) in [7, 11) is 1.72. The first-order valence-corrected chi connectivity index (χ1v) is 5.92. The summed E-state index contributed by atoms with van der Waals surface area (Å²) in [6.07, 6.45) is 3.40. The molecular weight excluding hydrogens is 216 g/mol. The molecule has 3 rings (SSSR count). The van der Waals surface area contributed by atoms with Gasteiger partial charge in [-0.3, -0.25) is 4.57 Å². The van der Waals surface area contributed by atoms with Crippen LogP contribution in [0.4, 0.5) is 0 Å². The molecule has 1 aliphatic rings. The van der Waals surface area contributed by atoms with E-state index in [1.54, 1.807) is 7.05 Å². The molecule has 0 atom stereocenters. The van der Waals surface area contributed by atoms with E-state index in [-0.39, 0.29) is 5.76 Å². The second kappa shape index (κ2) is 3.47. The summed E-state index contributed by atoms with van der Waals surface area (Å²) in [6, 6.07) is 5.97. The van der Waals surface area contributed by atoms with Crippen LogP contribution >= 0.6 is 0 Å². The van der Waals surface area contributed by atoms with Crippen molar-refractivity contribution in [3.05, 3.63) is 34.3 Å². The van der Waals surface area contributed by atoms with Crippen molar-refractivity contribution in [1.82, 2.24) is 4.57 Å². The Balaban J connectivity index is 1.99. The predicted octanol–water partition coefficient (Wildman–Crippen LogP) is 1.41. The second-order valence-corrected chi connectivity index (χ2v) is 5.11. The number of nitrogens with zero attached hydrogens (tertiary/aromatic N) is 1. The highest BCUT2D eigenvalue weighted by Gasteiger charge is 2.40. The fourth-order valence-corrected chi connectivity index (χ4v) is 2.35. The van der Waals surface area contributed by atoms with Crippen LogP contribution < -0.4 is 11.5 Å². The van der Waals surface area contributed by atoms with E-state index >= 15 is 0 Å². The Bertz CT molecular complexity index is 620. The van der Waals surface area contributed by atoms with Crippen molar-refractivity contribution >= 4 is 11.1 Å². The van der Waals surface area contributed by atoms with E-state index in [9.17, 15) is 4.79 Å². The number of benzene rings is 1. The van der Waals surface area contributed by atoms with Gasteiger partial charge in [0.2, 0.25) is 0 Å². The van der Waals surface area contributed by atoms with Gasteiger partial charge in [-0.1, -0.05) is 6.07 Å². The molecule has 90 valence electrons. The number of oxazole rings is 1. The first-order chi connectivity index (χ1) is 8.13. The zero-order chi connectivity index (χ0) is 12.0. The predicted molar refractivity (Wildman–Crippen MR) is 65.9 cm³/mol. The lowest BCUT2D eigenvalue weighted by atomic mass is 9.96. The number of fused-ring (bicyclic) bond motifs is 1. The van der Waals surface area contributed by atoms with E-state index in [0.29, 0.717) is 11.0 Å². The average Bonchev–Trinajstić information content (AvgIpc) is 3.03. The third kappa shape index (κ3) is 1.69. The Labute approximate surface area is 99.0 Å². The first-order valence-electron chi connectivity index (χ1n) is 5.92. The van der Waals surface area contributed by atoms with Crippen LogP contribution in [0.3, 0.4) is 0 Å². The van der Waals surface area contributed by atoms with Crippen molar-refractivity contribution in [3.63, 3.8) is 0 Å². The van der Waals surface area contributed by atoms with Gasteiger partial charge in [-0.05, 0) is 48.9 Å². The fourth-order valence-electron chi connectivity index (χ4n) is 2.35. The van der Waals surface area contributed by atoms with Crippen LogP contribution in [0, 0.1) is 5.41 Å². The zero-order valence-corrected chi connectivity index (χ0v) is 9.90. The smallest absolute Gasteiger partial charge is 0.408 e. The van der Waals surface area contributed by atoms with Gasteiger partial charge in [-0.15, -0.1) is 0 Å². The molecule has 1 aromatic carbocycles. The normalized spacial score (nSPS) is 17.5. The molecule has 1 aliphatic carbocycles. The number of nitrogens with two attached hydrogens (primary N) is 1. The Morgan fingerprint density at radius 1 is 1.47 bits per heavy atom. The molecule has 1 aromatic heterocycles. The summed E-state index contributed by atoms with van der Waals surface area (Å²) in [6.45, 7) is 0.740. The van der Waals surface area contributed by atoms with Gasteiger partial charge in [-0.2, -0.15) is 0 Å². The van der Waals surface area contributed by atoms with Crippen molar-refractivity contribution in [3.8, 4) is 0 Å². The van der Waals surface area contributed by atoms with E-state index in [1.807, 2.05) is 12.1 Å². The lowest BCUT2D eigenvalue weighted by Gasteiger charge is -2.11. The quantitative estimate of drug-likeness (QED) is 0.870.